The second-order valence-corrected chi connectivity index (χ2v) is 8.76. The number of hydrogen-bond donors (Lipinski definition) is 1. The van der Waals surface area contributed by atoms with E-state index in [2.05, 4.69) is 6.07 Å². The molecule has 0 atom stereocenters. The predicted octanol–water partition coefficient (Wildman–Crippen LogP) is 7.70. The Morgan fingerprint density at radius 3 is 2.11 bits per heavy atom. The molecule has 0 amide bonds. The maximum absolute atomic E-state index is 13.1. The van der Waals surface area contributed by atoms with Gasteiger partial charge in [-0.1, -0.05) is 42.0 Å². The molecule has 0 aliphatic rings. The Morgan fingerprint density at radius 1 is 0.784 bits per heavy atom. The summed E-state index contributed by atoms with van der Waals surface area (Å²) in [6.07, 6.45) is -4.40. The van der Waals surface area contributed by atoms with Crippen LogP contribution in [0.1, 0.15) is 22.3 Å². The summed E-state index contributed by atoms with van der Waals surface area (Å²) in [4.78, 5) is 10.7. The summed E-state index contributed by atoms with van der Waals surface area (Å²) in [5.41, 5.74) is 5.34. The number of rotatable bonds is 8. The lowest BCUT2D eigenvalue weighted by molar-refractivity contribution is -0.139. The van der Waals surface area contributed by atoms with E-state index in [-0.39, 0.29) is 6.61 Å². The molecule has 0 aliphatic heterocycles. The summed E-state index contributed by atoms with van der Waals surface area (Å²) >= 11 is 0. The van der Waals surface area contributed by atoms with Gasteiger partial charge in [0.25, 0.3) is 0 Å². The van der Waals surface area contributed by atoms with Gasteiger partial charge < -0.3 is 14.6 Å². The first-order chi connectivity index (χ1) is 17.6. The Bertz CT molecular complexity index is 1410. The zero-order valence-electron chi connectivity index (χ0n) is 20.3. The van der Waals surface area contributed by atoms with Crippen LogP contribution in [0.25, 0.3) is 22.3 Å². The second-order valence-electron chi connectivity index (χ2n) is 8.76. The third-order valence-electron chi connectivity index (χ3n) is 5.79. The van der Waals surface area contributed by atoms with E-state index in [1.54, 1.807) is 25.1 Å². The Kier molecular flexibility index (Phi) is 7.53. The van der Waals surface area contributed by atoms with Gasteiger partial charge in [-0.25, -0.2) is 4.79 Å². The predicted molar refractivity (Wildman–Crippen MR) is 136 cm³/mol. The minimum Gasteiger partial charge on any atom is -0.489 e. The van der Waals surface area contributed by atoms with E-state index in [0.29, 0.717) is 17.1 Å². The number of carbonyl (C=O) groups is 1. The zero-order valence-corrected chi connectivity index (χ0v) is 20.3. The summed E-state index contributed by atoms with van der Waals surface area (Å²) in [5.74, 6) is -0.0185. The minimum absolute atomic E-state index is 0.224. The van der Waals surface area contributed by atoms with Gasteiger partial charge in [-0.3, -0.25) is 0 Å². The molecule has 0 heterocycles. The number of carboxylic acid groups (broad SMARTS) is 1. The highest BCUT2D eigenvalue weighted by molar-refractivity contribution is 5.74. The van der Waals surface area contributed by atoms with Crippen molar-refractivity contribution >= 4 is 5.97 Å². The Hall–Kier alpha value is -4.26. The highest BCUT2D eigenvalue weighted by Gasteiger charge is 2.30. The van der Waals surface area contributed by atoms with Crippen LogP contribution < -0.4 is 9.47 Å². The molecule has 4 rings (SSSR count). The molecule has 1 N–H and O–H groups in total. The maximum Gasteiger partial charge on any atom is 0.416 e. The highest BCUT2D eigenvalue weighted by atomic mass is 19.4. The Labute approximate surface area is 212 Å². The molecule has 7 heteroatoms. The number of halogens is 3. The highest BCUT2D eigenvalue weighted by Crippen LogP contribution is 2.33. The van der Waals surface area contributed by atoms with Crippen LogP contribution in [0.2, 0.25) is 0 Å². The molecule has 0 aliphatic carbocycles. The van der Waals surface area contributed by atoms with Crippen molar-refractivity contribution < 1.29 is 32.5 Å². The second kappa shape index (κ2) is 10.8. The molecule has 0 aromatic heterocycles. The van der Waals surface area contributed by atoms with Crippen molar-refractivity contribution in [3.63, 3.8) is 0 Å². The largest absolute Gasteiger partial charge is 0.489 e. The summed E-state index contributed by atoms with van der Waals surface area (Å²) in [6, 6.07) is 24.1. The van der Waals surface area contributed by atoms with Gasteiger partial charge in [0.1, 0.15) is 18.1 Å². The molecular formula is C30H25F3O4. The van der Waals surface area contributed by atoms with Crippen LogP contribution in [0.5, 0.6) is 11.5 Å². The average molecular weight is 507 g/mol. The van der Waals surface area contributed by atoms with Crippen molar-refractivity contribution in [1.29, 1.82) is 0 Å². The molecule has 0 radical (unpaired) electrons. The van der Waals surface area contributed by atoms with Crippen molar-refractivity contribution in [2.75, 3.05) is 6.61 Å². The summed E-state index contributed by atoms with van der Waals surface area (Å²) in [6.45, 7) is 3.59. The maximum atomic E-state index is 13.1. The molecule has 0 bridgehead atoms. The van der Waals surface area contributed by atoms with Gasteiger partial charge in [0.2, 0.25) is 0 Å². The summed E-state index contributed by atoms with van der Waals surface area (Å²) in [7, 11) is 0. The van der Waals surface area contributed by atoms with Crippen molar-refractivity contribution in [2.24, 2.45) is 0 Å². The Balaban J connectivity index is 1.63. The van der Waals surface area contributed by atoms with Gasteiger partial charge in [0, 0.05) is 0 Å². The Morgan fingerprint density at radius 2 is 1.49 bits per heavy atom. The molecule has 4 nitrogen and oxygen atoms in total. The van der Waals surface area contributed by atoms with E-state index in [1.807, 2.05) is 43.3 Å². The van der Waals surface area contributed by atoms with Gasteiger partial charge >= 0.3 is 12.1 Å². The SMILES string of the molecule is Cc1cccc(-c2cc(COc3ccc(OCC(=O)O)c(C)c3)cc(-c3ccc(C(F)(F)F)cc3)c2)c1. The molecule has 190 valence electrons. The number of aryl methyl sites for hydroxylation is 2. The van der Waals surface area contributed by atoms with Crippen LogP contribution in [0.3, 0.4) is 0 Å². The van der Waals surface area contributed by atoms with E-state index in [4.69, 9.17) is 14.6 Å². The fraction of sp³-hybridized carbons (Fsp3) is 0.167. The van der Waals surface area contributed by atoms with E-state index in [1.165, 1.54) is 12.1 Å². The fourth-order valence-corrected chi connectivity index (χ4v) is 3.96. The quantitative estimate of drug-likeness (QED) is 0.266. The number of ether oxygens (including phenoxy) is 2. The molecule has 0 unspecified atom stereocenters. The van der Waals surface area contributed by atoms with Crippen molar-refractivity contribution in [2.45, 2.75) is 26.6 Å². The molecule has 0 saturated heterocycles. The third kappa shape index (κ3) is 6.70. The number of benzene rings is 4. The van der Waals surface area contributed by atoms with E-state index < -0.39 is 24.3 Å². The van der Waals surface area contributed by atoms with Crippen LogP contribution in [0.15, 0.2) is 84.9 Å². The number of aliphatic carboxylic acids is 1. The lowest BCUT2D eigenvalue weighted by Crippen LogP contribution is -2.10. The lowest BCUT2D eigenvalue weighted by Gasteiger charge is -2.14. The first-order valence-corrected chi connectivity index (χ1v) is 11.6. The number of alkyl halides is 3. The van der Waals surface area contributed by atoms with E-state index in [0.717, 1.165) is 45.5 Å². The first-order valence-electron chi connectivity index (χ1n) is 11.6. The molecular weight excluding hydrogens is 481 g/mol. The molecule has 4 aromatic rings. The van der Waals surface area contributed by atoms with Crippen LogP contribution in [-0.4, -0.2) is 17.7 Å². The summed E-state index contributed by atoms with van der Waals surface area (Å²) < 4.78 is 50.4. The van der Waals surface area contributed by atoms with Crippen molar-refractivity contribution in [1.82, 2.24) is 0 Å². The van der Waals surface area contributed by atoms with Gasteiger partial charge in [-0.05, 0) is 95.8 Å². The normalized spacial score (nSPS) is 11.3. The van der Waals surface area contributed by atoms with Crippen molar-refractivity contribution in [3.05, 3.63) is 107 Å². The van der Waals surface area contributed by atoms with Crippen LogP contribution in [-0.2, 0) is 17.6 Å². The topological polar surface area (TPSA) is 55.8 Å². The van der Waals surface area contributed by atoms with Crippen LogP contribution in [0.4, 0.5) is 13.2 Å². The zero-order chi connectivity index (χ0) is 26.6. The van der Waals surface area contributed by atoms with Crippen LogP contribution in [0, 0.1) is 13.8 Å². The smallest absolute Gasteiger partial charge is 0.416 e. The molecule has 37 heavy (non-hydrogen) atoms. The summed E-state index contributed by atoms with van der Waals surface area (Å²) in [5, 5.41) is 8.80. The average Bonchev–Trinajstić information content (AvgIpc) is 2.86. The molecule has 0 saturated carbocycles. The first kappa shape index (κ1) is 25.8. The minimum atomic E-state index is -4.40. The number of carboxylic acids is 1. The van der Waals surface area contributed by atoms with E-state index in [9.17, 15) is 18.0 Å². The lowest BCUT2D eigenvalue weighted by atomic mass is 9.95. The third-order valence-corrected chi connectivity index (χ3v) is 5.79. The molecule has 0 fully saturated rings. The number of hydrogen-bond acceptors (Lipinski definition) is 3. The van der Waals surface area contributed by atoms with Gasteiger partial charge in [0.05, 0.1) is 5.56 Å². The van der Waals surface area contributed by atoms with Gasteiger partial charge in [-0.2, -0.15) is 13.2 Å². The van der Waals surface area contributed by atoms with E-state index >= 15 is 0 Å². The molecule has 4 aromatic carbocycles. The standard InChI is InChI=1S/C30H25F3O4/c1-19-4-3-5-23(12-19)25-15-21(14-24(16-25)22-6-8-26(9-7-22)30(31,32)33)17-36-27-10-11-28(20(2)13-27)37-18-29(34)35/h3-16H,17-18H2,1-2H3,(H,34,35). The van der Waals surface area contributed by atoms with Gasteiger partial charge in [0.15, 0.2) is 6.61 Å². The van der Waals surface area contributed by atoms with Gasteiger partial charge in [-0.15, -0.1) is 0 Å². The van der Waals surface area contributed by atoms with Crippen molar-refractivity contribution in [3.8, 4) is 33.8 Å². The molecule has 0 spiro atoms. The van der Waals surface area contributed by atoms with Crippen LogP contribution >= 0.6 is 0 Å². The monoisotopic (exact) mass is 506 g/mol. The fourth-order valence-electron chi connectivity index (χ4n) is 3.96.